The van der Waals surface area contributed by atoms with Crippen molar-refractivity contribution in [2.75, 3.05) is 13.7 Å². The Morgan fingerprint density at radius 2 is 1.95 bits per heavy atom. The highest BCUT2D eigenvalue weighted by atomic mass is 16.6. The van der Waals surface area contributed by atoms with Gasteiger partial charge in [0.2, 0.25) is 0 Å². The average Bonchev–Trinajstić information content (AvgIpc) is 2.43. The Kier molecular flexibility index (Phi) is 6.68. The number of ether oxygens (including phenoxy) is 2. The lowest BCUT2D eigenvalue weighted by Gasteiger charge is -2.23. The minimum absolute atomic E-state index is 0.119. The molecule has 0 aliphatic rings. The third-order valence-electron chi connectivity index (χ3n) is 3.08. The minimum Gasteiger partial charge on any atom is -0.497 e. The Bertz CT molecular complexity index is 483. The molecule has 22 heavy (non-hydrogen) atoms. The Labute approximate surface area is 133 Å². The van der Waals surface area contributed by atoms with Crippen molar-refractivity contribution in [3.8, 4) is 5.75 Å². The Balaban J connectivity index is 2.44. The summed E-state index contributed by atoms with van der Waals surface area (Å²) in [6.45, 7) is 10.1. The van der Waals surface area contributed by atoms with Gasteiger partial charge in [-0.15, -0.1) is 0 Å². The number of alkyl carbamates (subject to hydrolysis) is 1. The first-order valence-electron chi connectivity index (χ1n) is 7.58. The minimum atomic E-state index is -0.478. The molecule has 5 nitrogen and oxygen atoms in total. The first-order chi connectivity index (χ1) is 10.2. The zero-order chi connectivity index (χ0) is 16.8. The van der Waals surface area contributed by atoms with Crippen LogP contribution in [-0.4, -0.2) is 31.4 Å². The molecule has 1 aromatic carbocycles. The van der Waals surface area contributed by atoms with Gasteiger partial charge in [-0.3, -0.25) is 0 Å². The average molecular weight is 308 g/mol. The summed E-state index contributed by atoms with van der Waals surface area (Å²) in [5.41, 5.74) is 0.665. The molecule has 2 N–H and O–H groups in total. The van der Waals surface area contributed by atoms with Gasteiger partial charge >= 0.3 is 6.09 Å². The van der Waals surface area contributed by atoms with Gasteiger partial charge in [0, 0.05) is 18.6 Å². The maximum atomic E-state index is 11.6. The van der Waals surface area contributed by atoms with E-state index in [0.717, 1.165) is 11.3 Å². The van der Waals surface area contributed by atoms with Crippen molar-refractivity contribution in [3.63, 3.8) is 0 Å². The lowest BCUT2D eigenvalue weighted by Crippen LogP contribution is -2.41. The van der Waals surface area contributed by atoms with E-state index >= 15 is 0 Å². The van der Waals surface area contributed by atoms with E-state index in [4.69, 9.17) is 9.47 Å². The Morgan fingerprint density at radius 3 is 2.55 bits per heavy atom. The van der Waals surface area contributed by atoms with E-state index in [0.29, 0.717) is 6.54 Å². The molecule has 0 heterocycles. The topological polar surface area (TPSA) is 59.6 Å². The Hall–Kier alpha value is -1.75. The summed E-state index contributed by atoms with van der Waals surface area (Å²) in [7, 11) is 1.66. The lowest BCUT2D eigenvalue weighted by atomic mass is 10.1. The standard InChI is InChI=1S/C17H28N2O3/c1-12(11-18-16(20)22-17(3,4)5)19-13(2)14-8-7-9-15(10-14)21-6/h7-10,12-13,19H,11H2,1-6H3,(H,18,20)/t12?,13-/m1/s1. The molecule has 0 aliphatic carbocycles. The predicted octanol–water partition coefficient (Wildman–Crippen LogP) is 3.26. The van der Waals surface area contributed by atoms with Crippen molar-refractivity contribution < 1.29 is 14.3 Å². The number of hydrogen-bond donors (Lipinski definition) is 2. The summed E-state index contributed by atoms with van der Waals surface area (Å²) in [6.07, 6.45) is -0.393. The second-order valence-electron chi connectivity index (χ2n) is 6.45. The molecule has 0 saturated heterocycles. The van der Waals surface area contributed by atoms with Gasteiger partial charge in [-0.25, -0.2) is 4.79 Å². The molecule has 0 fully saturated rings. The summed E-state index contributed by atoms with van der Waals surface area (Å²) >= 11 is 0. The molecular formula is C17H28N2O3. The summed E-state index contributed by atoms with van der Waals surface area (Å²) < 4.78 is 10.4. The molecule has 0 saturated carbocycles. The molecule has 0 bridgehead atoms. The van der Waals surface area contributed by atoms with E-state index in [1.54, 1.807) is 7.11 Å². The fraction of sp³-hybridized carbons (Fsp3) is 0.588. The van der Waals surface area contributed by atoms with Gasteiger partial charge in [0.05, 0.1) is 7.11 Å². The van der Waals surface area contributed by atoms with Crippen LogP contribution in [0.5, 0.6) is 5.75 Å². The van der Waals surface area contributed by atoms with Crippen LogP contribution in [0.15, 0.2) is 24.3 Å². The highest BCUT2D eigenvalue weighted by Gasteiger charge is 2.17. The summed E-state index contributed by atoms with van der Waals surface area (Å²) in [4.78, 5) is 11.6. The van der Waals surface area contributed by atoms with Crippen LogP contribution in [0.25, 0.3) is 0 Å². The number of carbonyl (C=O) groups excluding carboxylic acids is 1. The number of benzene rings is 1. The largest absolute Gasteiger partial charge is 0.497 e. The zero-order valence-corrected chi connectivity index (χ0v) is 14.4. The molecule has 0 aliphatic heterocycles. The van der Waals surface area contributed by atoms with Gasteiger partial charge in [-0.1, -0.05) is 12.1 Å². The van der Waals surface area contributed by atoms with E-state index in [-0.39, 0.29) is 12.1 Å². The fourth-order valence-electron chi connectivity index (χ4n) is 2.04. The van der Waals surface area contributed by atoms with Gasteiger partial charge < -0.3 is 20.1 Å². The van der Waals surface area contributed by atoms with Gasteiger partial charge in [-0.05, 0) is 52.3 Å². The van der Waals surface area contributed by atoms with E-state index in [2.05, 4.69) is 17.6 Å². The first kappa shape index (κ1) is 18.3. The highest BCUT2D eigenvalue weighted by Crippen LogP contribution is 2.19. The Morgan fingerprint density at radius 1 is 1.27 bits per heavy atom. The molecule has 1 rings (SSSR count). The SMILES string of the molecule is COc1cccc([C@@H](C)NC(C)CNC(=O)OC(C)(C)C)c1. The molecule has 0 spiro atoms. The number of nitrogens with one attached hydrogen (secondary N) is 2. The molecule has 1 amide bonds. The van der Waals surface area contributed by atoms with Crippen molar-refractivity contribution in [3.05, 3.63) is 29.8 Å². The van der Waals surface area contributed by atoms with Crippen molar-refractivity contribution >= 4 is 6.09 Å². The molecule has 0 aromatic heterocycles. The highest BCUT2D eigenvalue weighted by molar-refractivity contribution is 5.67. The van der Waals surface area contributed by atoms with E-state index < -0.39 is 11.7 Å². The summed E-state index contributed by atoms with van der Waals surface area (Å²) in [5.74, 6) is 0.839. The number of methoxy groups -OCH3 is 1. The van der Waals surface area contributed by atoms with Crippen LogP contribution in [0, 0.1) is 0 Å². The van der Waals surface area contributed by atoms with Crippen LogP contribution in [0.1, 0.15) is 46.2 Å². The third-order valence-corrected chi connectivity index (χ3v) is 3.08. The quantitative estimate of drug-likeness (QED) is 0.847. The summed E-state index contributed by atoms with van der Waals surface area (Å²) in [6, 6.07) is 8.22. The molecule has 0 radical (unpaired) electrons. The second kappa shape index (κ2) is 8.03. The number of rotatable bonds is 6. The van der Waals surface area contributed by atoms with Gasteiger partial charge in [0.15, 0.2) is 0 Å². The van der Waals surface area contributed by atoms with Gasteiger partial charge in [-0.2, -0.15) is 0 Å². The van der Waals surface area contributed by atoms with Crippen molar-refractivity contribution in [1.82, 2.24) is 10.6 Å². The van der Waals surface area contributed by atoms with E-state index in [9.17, 15) is 4.79 Å². The predicted molar refractivity (Wildman–Crippen MR) is 88.2 cm³/mol. The molecular weight excluding hydrogens is 280 g/mol. The fourth-order valence-corrected chi connectivity index (χ4v) is 2.04. The van der Waals surface area contributed by atoms with Gasteiger partial charge in [0.25, 0.3) is 0 Å². The number of hydrogen-bond acceptors (Lipinski definition) is 4. The van der Waals surface area contributed by atoms with Gasteiger partial charge in [0.1, 0.15) is 11.4 Å². The van der Waals surface area contributed by atoms with Crippen molar-refractivity contribution in [1.29, 1.82) is 0 Å². The molecule has 1 aromatic rings. The first-order valence-corrected chi connectivity index (χ1v) is 7.58. The summed E-state index contributed by atoms with van der Waals surface area (Å²) in [5, 5.41) is 6.21. The molecule has 1 unspecified atom stereocenters. The zero-order valence-electron chi connectivity index (χ0n) is 14.4. The number of carbonyl (C=O) groups is 1. The molecule has 124 valence electrons. The normalized spacial score (nSPS) is 14.1. The van der Waals surface area contributed by atoms with E-state index in [1.807, 2.05) is 52.0 Å². The lowest BCUT2D eigenvalue weighted by molar-refractivity contribution is 0.0522. The molecule has 5 heteroatoms. The third kappa shape index (κ3) is 6.80. The maximum Gasteiger partial charge on any atom is 0.407 e. The van der Waals surface area contributed by atoms with Crippen LogP contribution in [0.4, 0.5) is 4.79 Å². The van der Waals surface area contributed by atoms with Crippen LogP contribution < -0.4 is 15.4 Å². The number of amides is 1. The maximum absolute atomic E-state index is 11.6. The van der Waals surface area contributed by atoms with E-state index in [1.165, 1.54) is 0 Å². The molecule has 2 atom stereocenters. The van der Waals surface area contributed by atoms with Crippen LogP contribution in [-0.2, 0) is 4.74 Å². The van der Waals surface area contributed by atoms with Crippen molar-refractivity contribution in [2.24, 2.45) is 0 Å². The van der Waals surface area contributed by atoms with Crippen molar-refractivity contribution in [2.45, 2.75) is 52.3 Å². The van der Waals surface area contributed by atoms with Crippen LogP contribution in [0.2, 0.25) is 0 Å². The van der Waals surface area contributed by atoms with Crippen LogP contribution in [0.3, 0.4) is 0 Å². The monoisotopic (exact) mass is 308 g/mol. The smallest absolute Gasteiger partial charge is 0.407 e. The second-order valence-corrected chi connectivity index (χ2v) is 6.45. The van der Waals surface area contributed by atoms with Crippen LogP contribution >= 0.6 is 0 Å².